The minimum absolute atomic E-state index is 0.248. The Kier molecular flexibility index (Phi) is 7.25. The molecule has 0 fully saturated rings. The van der Waals surface area contributed by atoms with Crippen LogP contribution in [0.3, 0.4) is 0 Å². The van der Waals surface area contributed by atoms with Gasteiger partial charge < -0.3 is 14.8 Å². The minimum Gasteiger partial charge on any atom is -0.462 e. The number of hydrogen-bond donors (Lipinski definition) is 1. The van der Waals surface area contributed by atoms with Gasteiger partial charge in [0.05, 0.1) is 12.2 Å². The Morgan fingerprint density at radius 1 is 1.12 bits per heavy atom. The molecule has 0 aliphatic heterocycles. The highest BCUT2D eigenvalue weighted by molar-refractivity contribution is 7.17. The first-order chi connectivity index (χ1) is 16.0. The van der Waals surface area contributed by atoms with Crippen molar-refractivity contribution in [2.45, 2.75) is 39.2 Å². The van der Waals surface area contributed by atoms with Gasteiger partial charge in [0.2, 0.25) is 6.10 Å². The summed E-state index contributed by atoms with van der Waals surface area (Å²) in [6.45, 7) is 4.19. The number of carbonyl (C=O) groups is 3. The first-order valence-corrected chi connectivity index (χ1v) is 12.6. The van der Waals surface area contributed by atoms with Crippen LogP contribution in [0.15, 0.2) is 47.8 Å². The molecule has 0 saturated heterocycles. The van der Waals surface area contributed by atoms with Crippen molar-refractivity contribution in [1.82, 2.24) is 0 Å². The second-order valence-corrected chi connectivity index (χ2v) is 9.99. The van der Waals surface area contributed by atoms with Gasteiger partial charge in [0.25, 0.3) is 5.91 Å². The Bertz CT molecular complexity index is 1140. The quantitative estimate of drug-likeness (QED) is 0.439. The van der Waals surface area contributed by atoms with Gasteiger partial charge in [0.15, 0.2) is 0 Å². The highest BCUT2D eigenvalue weighted by atomic mass is 32.1. The monoisotopic (exact) mass is 483 g/mol. The molecule has 172 valence electrons. The highest BCUT2D eigenvalue weighted by Crippen LogP contribution is 2.40. The van der Waals surface area contributed by atoms with E-state index in [1.165, 1.54) is 22.7 Å². The highest BCUT2D eigenvalue weighted by Gasteiger charge is 2.32. The number of rotatable bonds is 7. The number of ether oxygens (including phenoxy) is 2. The van der Waals surface area contributed by atoms with Crippen molar-refractivity contribution in [2.75, 3.05) is 11.9 Å². The zero-order valence-corrected chi connectivity index (χ0v) is 20.1. The number of anilines is 1. The number of esters is 2. The maximum Gasteiger partial charge on any atom is 0.349 e. The van der Waals surface area contributed by atoms with Gasteiger partial charge in [0.1, 0.15) is 9.88 Å². The number of nitrogens with one attached hydrogen (secondary N) is 1. The molecule has 6 nitrogen and oxygen atoms in total. The molecule has 2 aromatic heterocycles. The summed E-state index contributed by atoms with van der Waals surface area (Å²) in [4.78, 5) is 40.3. The Labute approximate surface area is 200 Å². The maximum atomic E-state index is 13.4. The molecule has 0 bridgehead atoms. The summed E-state index contributed by atoms with van der Waals surface area (Å²) in [5.41, 5.74) is 1.93. The molecule has 33 heavy (non-hydrogen) atoms. The van der Waals surface area contributed by atoms with Gasteiger partial charge in [-0.2, -0.15) is 0 Å². The van der Waals surface area contributed by atoms with Crippen molar-refractivity contribution in [3.05, 3.63) is 74.3 Å². The standard InChI is InChI=1S/C25H25NO5S2/c1-3-30-25(29)20-17-12-11-15(2)14-19(17)33-23(20)26-22(27)21(16-8-5-4-6-9-16)31-24(28)18-10-7-13-32-18/h4-10,13,15,21H,3,11-12,14H2,1-2H3,(H,26,27)/t15-,21-/m1/s1. The van der Waals surface area contributed by atoms with Crippen LogP contribution >= 0.6 is 22.7 Å². The maximum absolute atomic E-state index is 13.4. The van der Waals surface area contributed by atoms with Gasteiger partial charge in [0, 0.05) is 10.4 Å². The summed E-state index contributed by atoms with van der Waals surface area (Å²) in [6, 6.07) is 12.3. The van der Waals surface area contributed by atoms with E-state index >= 15 is 0 Å². The average Bonchev–Trinajstić information content (AvgIpc) is 3.46. The van der Waals surface area contributed by atoms with Crippen LogP contribution < -0.4 is 5.32 Å². The van der Waals surface area contributed by atoms with Crippen molar-refractivity contribution < 1.29 is 23.9 Å². The van der Waals surface area contributed by atoms with E-state index in [0.29, 0.717) is 26.9 Å². The van der Waals surface area contributed by atoms with E-state index in [9.17, 15) is 14.4 Å². The largest absolute Gasteiger partial charge is 0.462 e. The van der Waals surface area contributed by atoms with E-state index in [1.54, 1.807) is 48.7 Å². The lowest BCUT2D eigenvalue weighted by molar-refractivity contribution is -0.125. The molecular formula is C25H25NO5S2. The molecule has 1 N–H and O–H groups in total. The first-order valence-electron chi connectivity index (χ1n) is 10.9. The number of carbonyl (C=O) groups excluding carboxylic acids is 3. The zero-order valence-electron chi connectivity index (χ0n) is 18.5. The summed E-state index contributed by atoms with van der Waals surface area (Å²) in [6.07, 6.45) is 1.45. The van der Waals surface area contributed by atoms with Gasteiger partial charge in [-0.15, -0.1) is 22.7 Å². The molecule has 1 aliphatic carbocycles. The van der Waals surface area contributed by atoms with Crippen LogP contribution in [0.25, 0.3) is 0 Å². The van der Waals surface area contributed by atoms with Crippen molar-refractivity contribution in [2.24, 2.45) is 5.92 Å². The zero-order chi connectivity index (χ0) is 23.4. The van der Waals surface area contributed by atoms with Crippen molar-refractivity contribution in [1.29, 1.82) is 0 Å². The van der Waals surface area contributed by atoms with Crippen molar-refractivity contribution >= 4 is 45.5 Å². The van der Waals surface area contributed by atoms with Crippen LogP contribution in [0, 0.1) is 5.92 Å². The molecule has 8 heteroatoms. The van der Waals surface area contributed by atoms with Gasteiger partial charge in [-0.3, -0.25) is 4.79 Å². The average molecular weight is 484 g/mol. The van der Waals surface area contributed by atoms with Crippen LogP contribution in [0.2, 0.25) is 0 Å². The summed E-state index contributed by atoms with van der Waals surface area (Å²) < 4.78 is 10.9. The Morgan fingerprint density at radius 2 is 1.91 bits per heavy atom. The molecule has 0 saturated carbocycles. The van der Waals surface area contributed by atoms with Gasteiger partial charge in [-0.1, -0.05) is 43.3 Å². The lowest BCUT2D eigenvalue weighted by atomic mass is 9.88. The molecule has 1 aromatic carbocycles. The van der Waals surface area contributed by atoms with Crippen molar-refractivity contribution in [3.8, 4) is 0 Å². The van der Waals surface area contributed by atoms with Gasteiger partial charge >= 0.3 is 11.9 Å². The molecule has 3 aromatic rings. The van der Waals surface area contributed by atoms with Crippen molar-refractivity contribution in [3.63, 3.8) is 0 Å². The third-order valence-electron chi connectivity index (χ3n) is 5.52. The number of amides is 1. The molecule has 1 aliphatic rings. The predicted octanol–water partition coefficient (Wildman–Crippen LogP) is 5.65. The van der Waals surface area contributed by atoms with E-state index in [4.69, 9.17) is 9.47 Å². The lowest BCUT2D eigenvalue weighted by Gasteiger charge is -2.19. The fourth-order valence-corrected chi connectivity index (χ4v) is 5.90. The number of hydrogen-bond acceptors (Lipinski definition) is 7. The number of benzene rings is 1. The first kappa shape index (κ1) is 23.2. The lowest BCUT2D eigenvalue weighted by Crippen LogP contribution is -2.26. The van der Waals surface area contributed by atoms with E-state index in [0.717, 1.165) is 29.7 Å². The molecule has 0 spiro atoms. The SMILES string of the molecule is CCOC(=O)c1c(NC(=O)[C@H](OC(=O)c2cccs2)c2ccccc2)sc2c1CC[C@@H](C)C2. The van der Waals surface area contributed by atoms with E-state index in [1.807, 2.05) is 6.07 Å². The van der Waals surface area contributed by atoms with Crippen LogP contribution in [-0.2, 0) is 27.1 Å². The van der Waals surface area contributed by atoms with E-state index in [2.05, 4.69) is 12.2 Å². The van der Waals surface area contributed by atoms with Crippen LogP contribution in [0.1, 0.15) is 62.4 Å². The summed E-state index contributed by atoms with van der Waals surface area (Å²) >= 11 is 2.65. The topological polar surface area (TPSA) is 81.7 Å². The fraction of sp³-hybridized carbons (Fsp3) is 0.320. The molecule has 0 unspecified atom stereocenters. The summed E-state index contributed by atoms with van der Waals surface area (Å²) in [5.74, 6) is -1.01. The normalized spacial score (nSPS) is 15.9. The summed E-state index contributed by atoms with van der Waals surface area (Å²) in [7, 11) is 0. The second kappa shape index (κ2) is 10.3. The smallest absolute Gasteiger partial charge is 0.349 e. The number of fused-ring (bicyclic) bond motifs is 1. The summed E-state index contributed by atoms with van der Waals surface area (Å²) in [5, 5.41) is 5.10. The Morgan fingerprint density at radius 3 is 2.61 bits per heavy atom. The number of thiophene rings is 2. The fourth-order valence-electron chi connectivity index (χ4n) is 3.90. The Balaban J connectivity index is 1.65. The van der Waals surface area contributed by atoms with Gasteiger partial charge in [-0.25, -0.2) is 9.59 Å². The predicted molar refractivity (Wildman–Crippen MR) is 129 cm³/mol. The molecular weight excluding hydrogens is 458 g/mol. The van der Waals surface area contributed by atoms with Crippen LogP contribution in [-0.4, -0.2) is 24.5 Å². The van der Waals surface area contributed by atoms with Gasteiger partial charge in [-0.05, 0) is 49.1 Å². The molecule has 1 amide bonds. The molecule has 4 rings (SSSR count). The Hall–Kier alpha value is -2.97. The van der Waals surface area contributed by atoms with Crippen LogP contribution in [0.4, 0.5) is 5.00 Å². The minimum atomic E-state index is -1.16. The second-order valence-electron chi connectivity index (χ2n) is 7.94. The third kappa shape index (κ3) is 5.17. The van der Waals surface area contributed by atoms with E-state index < -0.39 is 23.9 Å². The third-order valence-corrected chi connectivity index (χ3v) is 7.54. The molecule has 0 radical (unpaired) electrons. The van der Waals surface area contributed by atoms with E-state index in [-0.39, 0.29) is 6.61 Å². The molecule has 2 atom stereocenters. The molecule has 2 heterocycles. The van der Waals surface area contributed by atoms with Crippen LogP contribution in [0.5, 0.6) is 0 Å².